The number of carbonyl (C=O) groups is 1. The van der Waals surface area contributed by atoms with E-state index >= 15 is 0 Å². The number of aromatic nitrogens is 1. The van der Waals surface area contributed by atoms with Crippen molar-refractivity contribution in [1.82, 2.24) is 9.88 Å². The smallest absolute Gasteiger partial charge is 0.256 e. The van der Waals surface area contributed by atoms with Crippen molar-refractivity contribution in [1.29, 1.82) is 0 Å². The predicted molar refractivity (Wildman–Crippen MR) is 129 cm³/mol. The molecule has 1 aliphatic rings. The van der Waals surface area contributed by atoms with Crippen LogP contribution in [0, 0.1) is 5.82 Å². The number of benzene rings is 2. The summed E-state index contributed by atoms with van der Waals surface area (Å²) in [5, 5.41) is 0.540. The molecule has 0 spiro atoms. The van der Waals surface area contributed by atoms with Gasteiger partial charge in [0.1, 0.15) is 18.0 Å². The Morgan fingerprint density at radius 3 is 2.41 bits per heavy atom. The van der Waals surface area contributed by atoms with E-state index in [2.05, 4.69) is 9.98 Å². The Morgan fingerprint density at radius 2 is 1.79 bits per heavy atom. The standard InChI is InChI=1S/C25H25FN4O4/c1-33-22-13-30(14-23(22)34-2)25(32)15-3-6-19(7-4-15)28-12-17(11-27)20-10-16-9-18(26)5-8-21(16)29-24(20)31/h3-12,22-23H,13-14,27H2,1-2H3,(H,29,31)/t22-,23-/m1/s1. The highest BCUT2D eigenvalue weighted by Crippen LogP contribution is 2.21. The third kappa shape index (κ3) is 4.75. The lowest BCUT2D eigenvalue weighted by Gasteiger charge is -2.15. The van der Waals surface area contributed by atoms with Crippen LogP contribution in [0.5, 0.6) is 0 Å². The fraction of sp³-hybridized carbons (Fsp3) is 0.240. The summed E-state index contributed by atoms with van der Waals surface area (Å²) >= 11 is 0. The van der Waals surface area contributed by atoms with Crippen LogP contribution in [0.15, 0.2) is 64.5 Å². The Kier molecular flexibility index (Phi) is 6.85. The number of halogens is 1. The first-order valence-electron chi connectivity index (χ1n) is 10.7. The van der Waals surface area contributed by atoms with Crippen LogP contribution in [0.3, 0.4) is 0 Å². The lowest BCUT2D eigenvalue weighted by molar-refractivity contribution is -0.00461. The van der Waals surface area contributed by atoms with Crippen LogP contribution < -0.4 is 11.3 Å². The van der Waals surface area contributed by atoms with E-state index in [9.17, 15) is 14.0 Å². The fourth-order valence-corrected chi connectivity index (χ4v) is 3.97. The van der Waals surface area contributed by atoms with Crippen LogP contribution in [0.4, 0.5) is 10.1 Å². The van der Waals surface area contributed by atoms with Crippen LogP contribution in [0.2, 0.25) is 0 Å². The lowest BCUT2D eigenvalue weighted by Crippen LogP contribution is -2.29. The van der Waals surface area contributed by atoms with Crippen LogP contribution >= 0.6 is 0 Å². The van der Waals surface area contributed by atoms with Gasteiger partial charge >= 0.3 is 0 Å². The quantitative estimate of drug-likeness (QED) is 0.545. The van der Waals surface area contributed by atoms with Gasteiger partial charge in [0.25, 0.3) is 11.5 Å². The van der Waals surface area contributed by atoms with Gasteiger partial charge in [-0.05, 0) is 48.5 Å². The van der Waals surface area contributed by atoms with Crippen molar-refractivity contribution in [2.24, 2.45) is 10.7 Å². The summed E-state index contributed by atoms with van der Waals surface area (Å²) in [4.78, 5) is 34.1. The SMILES string of the molecule is CO[C@@H]1CN(C(=O)c2ccc(N=CC(=CN)c3cc4cc(F)ccc4[nH]c3=O)cc2)C[C@H]1OC. The molecule has 9 heteroatoms. The Balaban J connectivity index is 1.51. The molecule has 1 saturated heterocycles. The number of fused-ring (bicyclic) bond motifs is 1. The summed E-state index contributed by atoms with van der Waals surface area (Å²) in [5.41, 5.74) is 7.64. The molecule has 1 amide bonds. The number of amides is 1. The molecule has 1 aromatic heterocycles. The van der Waals surface area contributed by atoms with Crippen LogP contribution in [-0.4, -0.2) is 61.5 Å². The first-order chi connectivity index (χ1) is 16.4. The second kappa shape index (κ2) is 9.98. The zero-order chi connectivity index (χ0) is 24.2. The van der Waals surface area contributed by atoms with Crippen molar-refractivity contribution in [2.75, 3.05) is 27.3 Å². The maximum Gasteiger partial charge on any atom is 0.256 e. The number of nitrogens with zero attached hydrogens (tertiary/aromatic N) is 2. The number of methoxy groups -OCH3 is 2. The van der Waals surface area contributed by atoms with Crippen molar-refractivity contribution in [3.8, 4) is 0 Å². The number of allylic oxidation sites excluding steroid dienone is 1. The van der Waals surface area contributed by atoms with E-state index in [0.717, 1.165) is 0 Å². The van der Waals surface area contributed by atoms with Gasteiger partial charge in [0.05, 0.1) is 11.3 Å². The number of pyridine rings is 1. The summed E-state index contributed by atoms with van der Waals surface area (Å²) in [6.45, 7) is 0.922. The minimum absolute atomic E-state index is 0.116. The molecule has 1 aliphatic heterocycles. The highest BCUT2D eigenvalue weighted by molar-refractivity contribution is 6.11. The molecular formula is C25H25FN4O4. The average molecular weight is 464 g/mol. The normalized spacial score (nSPS) is 18.8. The second-order valence-electron chi connectivity index (χ2n) is 7.93. The number of H-pyrrole nitrogens is 1. The Hall–Kier alpha value is -3.82. The van der Waals surface area contributed by atoms with Gasteiger partial charge in [-0.1, -0.05) is 0 Å². The summed E-state index contributed by atoms with van der Waals surface area (Å²) < 4.78 is 24.4. The van der Waals surface area contributed by atoms with Gasteiger partial charge in [0, 0.05) is 61.8 Å². The van der Waals surface area contributed by atoms with Crippen molar-refractivity contribution in [3.05, 3.63) is 82.0 Å². The molecule has 2 aromatic carbocycles. The monoisotopic (exact) mass is 464 g/mol. The van der Waals surface area contributed by atoms with Gasteiger partial charge in [-0.3, -0.25) is 14.6 Å². The first-order valence-corrected chi connectivity index (χ1v) is 10.7. The molecule has 2 heterocycles. The number of aliphatic imine (C=N–C) groups is 1. The van der Waals surface area contributed by atoms with Crippen molar-refractivity contribution in [2.45, 2.75) is 12.2 Å². The molecular weight excluding hydrogens is 439 g/mol. The Labute approximate surface area is 195 Å². The fourth-order valence-electron chi connectivity index (χ4n) is 3.97. The van der Waals surface area contributed by atoms with Crippen molar-refractivity contribution in [3.63, 3.8) is 0 Å². The minimum atomic E-state index is -0.406. The number of rotatable bonds is 6. The van der Waals surface area contributed by atoms with Crippen LogP contribution in [-0.2, 0) is 9.47 Å². The summed E-state index contributed by atoms with van der Waals surface area (Å²) in [5.74, 6) is -0.522. The molecule has 176 valence electrons. The van der Waals surface area contributed by atoms with E-state index in [4.69, 9.17) is 15.2 Å². The van der Waals surface area contributed by atoms with Gasteiger partial charge in [-0.25, -0.2) is 4.39 Å². The van der Waals surface area contributed by atoms with E-state index in [0.29, 0.717) is 40.8 Å². The molecule has 8 nitrogen and oxygen atoms in total. The third-order valence-electron chi connectivity index (χ3n) is 5.87. The molecule has 3 N–H and O–H groups in total. The van der Waals surface area contributed by atoms with Crippen LogP contribution in [0.25, 0.3) is 16.5 Å². The second-order valence-corrected chi connectivity index (χ2v) is 7.93. The Morgan fingerprint density at radius 1 is 1.12 bits per heavy atom. The Bertz CT molecular complexity index is 1300. The zero-order valence-electron chi connectivity index (χ0n) is 18.8. The lowest BCUT2D eigenvalue weighted by atomic mass is 10.1. The molecule has 0 unspecified atom stereocenters. The van der Waals surface area contributed by atoms with Gasteiger partial charge in [0.2, 0.25) is 0 Å². The summed E-state index contributed by atoms with van der Waals surface area (Å²) in [6.07, 6.45) is 2.41. The van der Waals surface area contributed by atoms with Gasteiger partial charge in [0.15, 0.2) is 0 Å². The molecule has 0 saturated carbocycles. The molecule has 34 heavy (non-hydrogen) atoms. The minimum Gasteiger partial charge on any atom is -0.404 e. The summed E-state index contributed by atoms with van der Waals surface area (Å²) in [7, 11) is 3.21. The van der Waals surface area contributed by atoms with Crippen molar-refractivity contribution >= 4 is 34.3 Å². The number of hydrogen-bond donors (Lipinski definition) is 2. The maximum atomic E-state index is 13.6. The highest BCUT2D eigenvalue weighted by Gasteiger charge is 2.35. The topological polar surface area (TPSA) is 110 Å². The number of aromatic amines is 1. The summed E-state index contributed by atoms with van der Waals surface area (Å²) in [6, 6.07) is 12.5. The van der Waals surface area contributed by atoms with Crippen LogP contribution in [0.1, 0.15) is 15.9 Å². The number of likely N-dealkylation sites (tertiary alicyclic amines) is 1. The molecule has 3 aromatic rings. The highest BCUT2D eigenvalue weighted by atomic mass is 19.1. The van der Waals surface area contributed by atoms with E-state index in [1.54, 1.807) is 49.5 Å². The van der Waals surface area contributed by atoms with E-state index in [-0.39, 0.29) is 29.2 Å². The van der Waals surface area contributed by atoms with Crippen molar-refractivity contribution < 1.29 is 18.7 Å². The maximum absolute atomic E-state index is 13.6. The largest absolute Gasteiger partial charge is 0.404 e. The first kappa shape index (κ1) is 23.3. The number of nitrogens with one attached hydrogen (secondary N) is 1. The number of ether oxygens (including phenoxy) is 2. The van der Waals surface area contributed by atoms with Gasteiger partial charge in [-0.15, -0.1) is 0 Å². The number of hydrogen-bond acceptors (Lipinski definition) is 6. The number of nitrogens with two attached hydrogens (primary N) is 1. The molecule has 0 bridgehead atoms. The average Bonchev–Trinajstić information content (AvgIpc) is 3.28. The third-order valence-corrected chi connectivity index (χ3v) is 5.87. The molecule has 0 aliphatic carbocycles. The molecule has 0 radical (unpaired) electrons. The van der Waals surface area contributed by atoms with Gasteiger partial charge in [-0.2, -0.15) is 0 Å². The van der Waals surface area contributed by atoms with E-state index < -0.39 is 5.82 Å². The van der Waals surface area contributed by atoms with Gasteiger partial charge < -0.3 is 25.1 Å². The zero-order valence-corrected chi connectivity index (χ0v) is 18.8. The molecule has 4 rings (SSSR count). The molecule has 2 atom stereocenters. The predicted octanol–water partition coefficient (Wildman–Crippen LogP) is 2.86. The molecule has 1 fully saturated rings. The van der Waals surface area contributed by atoms with E-state index in [1.807, 2.05) is 0 Å². The number of carbonyl (C=O) groups excluding carboxylic acids is 1. The van der Waals surface area contributed by atoms with E-state index in [1.165, 1.54) is 30.6 Å².